The Balaban J connectivity index is 0.000000220. The number of Topliss-reactive ketones (excluding diaryl/α,β-unsaturated/α-hetero) is 1. The minimum Gasteiger partial charge on any atom is -0.478 e. The van der Waals surface area contributed by atoms with E-state index in [9.17, 15) is 9.59 Å². The van der Waals surface area contributed by atoms with Crippen molar-refractivity contribution in [3.05, 3.63) is 107 Å². The highest BCUT2D eigenvalue weighted by Crippen LogP contribution is 2.29. The van der Waals surface area contributed by atoms with E-state index in [2.05, 4.69) is 46.8 Å². The molecule has 6 rings (SSSR count). The van der Waals surface area contributed by atoms with Crippen LogP contribution < -0.4 is 16.4 Å². The molecule has 0 spiro atoms. The lowest BCUT2D eigenvalue weighted by molar-refractivity contribution is 0.0696. The van der Waals surface area contributed by atoms with Crippen LogP contribution in [0.4, 0.5) is 23.3 Å². The van der Waals surface area contributed by atoms with E-state index in [0.717, 1.165) is 16.9 Å². The lowest BCUT2D eigenvalue weighted by atomic mass is 9.99. The van der Waals surface area contributed by atoms with Crippen LogP contribution in [0.5, 0.6) is 0 Å². The normalized spacial score (nSPS) is 11.3. The Morgan fingerprint density at radius 1 is 0.764 bits per heavy atom. The predicted molar refractivity (Wildman–Crippen MR) is 208 cm³/mol. The summed E-state index contributed by atoms with van der Waals surface area (Å²) in [6.45, 7) is 3.36. The largest absolute Gasteiger partial charge is 0.478 e. The summed E-state index contributed by atoms with van der Waals surface area (Å²) in [5, 5.41) is 40.6. The van der Waals surface area contributed by atoms with Crippen molar-refractivity contribution < 1.29 is 14.7 Å². The third kappa shape index (κ3) is 12.2. The van der Waals surface area contributed by atoms with Crippen molar-refractivity contribution in [2.45, 2.75) is 26.3 Å². The van der Waals surface area contributed by atoms with Gasteiger partial charge in [-0.25, -0.2) is 24.7 Å². The molecule has 0 saturated carbocycles. The Kier molecular flexibility index (Phi) is 14.5. The fraction of sp³-hybridized carbons (Fsp3) is 0.189. The summed E-state index contributed by atoms with van der Waals surface area (Å²) < 4.78 is 3.33. The fourth-order valence-corrected chi connectivity index (χ4v) is 4.92. The second-order valence-electron chi connectivity index (χ2n) is 11.9. The Morgan fingerprint density at radius 3 is 1.53 bits per heavy atom. The van der Waals surface area contributed by atoms with Crippen molar-refractivity contribution in [1.29, 1.82) is 10.5 Å². The molecule has 16 nitrogen and oxygen atoms in total. The molecular formula is C37H35Cl2N13O3. The Hall–Kier alpha value is -6.72. The van der Waals surface area contributed by atoms with Crippen LogP contribution in [0.3, 0.4) is 0 Å². The van der Waals surface area contributed by atoms with Gasteiger partial charge < -0.3 is 21.5 Å². The molecule has 2 aromatic carbocycles. The van der Waals surface area contributed by atoms with E-state index in [4.69, 9.17) is 44.6 Å². The molecule has 0 radical (unpaired) electrons. The summed E-state index contributed by atoms with van der Waals surface area (Å²) in [5.74, 6) is -0.590. The monoisotopic (exact) mass is 779 g/mol. The molecule has 0 amide bonds. The van der Waals surface area contributed by atoms with Gasteiger partial charge in [0.2, 0.25) is 11.9 Å². The van der Waals surface area contributed by atoms with Gasteiger partial charge in [0.05, 0.1) is 87.3 Å². The number of nitrogens with two attached hydrogens (primary N) is 1. The zero-order valence-electron chi connectivity index (χ0n) is 30.0. The van der Waals surface area contributed by atoms with E-state index in [-0.39, 0.29) is 29.7 Å². The zero-order chi connectivity index (χ0) is 40.1. The third-order valence-corrected chi connectivity index (χ3v) is 7.76. The number of nitriles is 2. The highest BCUT2D eigenvalue weighted by molar-refractivity contribution is 6.33. The molecule has 18 heteroatoms. The van der Waals surface area contributed by atoms with Crippen LogP contribution in [0.1, 0.15) is 41.0 Å². The van der Waals surface area contributed by atoms with Crippen molar-refractivity contribution in [1.82, 2.24) is 39.5 Å². The van der Waals surface area contributed by atoms with Crippen LogP contribution in [-0.2, 0) is 14.1 Å². The molecule has 4 heterocycles. The topological polar surface area (TPSA) is 239 Å². The number of ketones is 1. The second kappa shape index (κ2) is 19.4. The quantitative estimate of drug-likeness (QED) is 0.104. The standard InChI is InChI=1S/C19H17ClN6O.C15H12ClN5O2.C3H6N2/c1-12(8-21)7-17(27)13-3-5-14(6-4-13)18-16(20)10-22-19(25-18)24-15-9-23-26(2)11-15;1-21-8-11(6-18-21)19-15-17-7-12(16)13(20-15)9-2-4-10(5-3-9)14(22)23;1-3(5)2-4/h3-6,9-12H,7H2,1-2H3,(H,22,24,25);2-8H,1H3,(H,22,23)(H,17,19,20);3H,5H2,1H3/t12-;;3-/m1.0/s1. The molecule has 55 heavy (non-hydrogen) atoms. The van der Waals surface area contributed by atoms with E-state index >= 15 is 0 Å². The maximum absolute atomic E-state index is 12.2. The number of benzene rings is 2. The zero-order valence-corrected chi connectivity index (χ0v) is 31.5. The van der Waals surface area contributed by atoms with E-state index < -0.39 is 5.97 Å². The van der Waals surface area contributed by atoms with Crippen molar-refractivity contribution in [3.8, 4) is 34.7 Å². The van der Waals surface area contributed by atoms with E-state index in [1.165, 1.54) is 24.5 Å². The molecule has 0 fully saturated rings. The van der Waals surface area contributed by atoms with Gasteiger partial charge in [-0.15, -0.1) is 0 Å². The summed E-state index contributed by atoms with van der Waals surface area (Å²) >= 11 is 12.4. The summed E-state index contributed by atoms with van der Waals surface area (Å²) in [4.78, 5) is 40.2. The van der Waals surface area contributed by atoms with Crippen molar-refractivity contribution in [3.63, 3.8) is 0 Å². The van der Waals surface area contributed by atoms with Gasteiger partial charge in [-0.1, -0.05) is 59.6 Å². The SMILES string of the molecule is C[C@@H](C#N)CC(=O)c1ccc(-c2nc(Nc3cnn(C)c3)ncc2Cl)cc1.C[C@H](N)C#N.Cn1cc(Nc2ncc(Cl)c(-c3ccc(C(=O)O)cc3)n2)cn1. The van der Waals surface area contributed by atoms with Crippen LogP contribution in [-0.4, -0.2) is 62.4 Å². The molecule has 280 valence electrons. The van der Waals surface area contributed by atoms with Gasteiger partial charge in [0.15, 0.2) is 5.78 Å². The van der Waals surface area contributed by atoms with Crippen LogP contribution >= 0.6 is 23.2 Å². The highest BCUT2D eigenvalue weighted by Gasteiger charge is 2.14. The van der Waals surface area contributed by atoms with Gasteiger partial charge >= 0.3 is 5.97 Å². The maximum Gasteiger partial charge on any atom is 0.335 e. The van der Waals surface area contributed by atoms with E-state index in [0.29, 0.717) is 44.5 Å². The average molecular weight is 781 g/mol. The number of aryl methyl sites for hydroxylation is 2. The Morgan fingerprint density at radius 2 is 1.18 bits per heavy atom. The fourth-order valence-electron chi connectivity index (χ4n) is 4.52. The minimum absolute atomic E-state index is 0.0664. The molecule has 0 aliphatic rings. The number of aromatic nitrogens is 8. The first kappa shape index (κ1) is 41.0. The number of halogens is 2. The minimum atomic E-state index is -0.982. The molecule has 0 unspecified atom stereocenters. The van der Waals surface area contributed by atoms with Gasteiger partial charge in [0, 0.05) is 49.6 Å². The average Bonchev–Trinajstić information content (AvgIpc) is 3.79. The Bertz CT molecular complexity index is 2330. The van der Waals surface area contributed by atoms with Crippen molar-refractivity contribution in [2.75, 3.05) is 10.6 Å². The highest BCUT2D eigenvalue weighted by atomic mass is 35.5. The summed E-state index contributed by atoms with van der Waals surface area (Å²) in [7, 11) is 3.63. The molecule has 5 N–H and O–H groups in total. The lowest BCUT2D eigenvalue weighted by Crippen LogP contribution is -2.09. The number of hydrogen-bond acceptors (Lipinski definition) is 13. The number of rotatable bonds is 10. The molecule has 4 aromatic heterocycles. The van der Waals surface area contributed by atoms with Gasteiger partial charge in [0.25, 0.3) is 0 Å². The van der Waals surface area contributed by atoms with Crippen molar-refractivity contribution in [2.24, 2.45) is 25.7 Å². The molecule has 6 aromatic rings. The number of hydrogen-bond donors (Lipinski definition) is 4. The molecule has 0 bridgehead atoms. The van der Waals surface area contributed by atoms with Crippen LogP contribution in [0.2, 0.25) is 10.0 Å². The molecule has 0 aliphatic heterocycles. The summed E-state index contributed by atoms with van der Waals surface area (Å²) in [5.41, 5.74) is 9.75. The smallest absolute Gasteiger partial charge is 0.335 e. The molecule has 0 saturated heterocycles. The number of nitrogens with zero attached hydrogens (tertiary/aromatic N) is 10. The number of carboxylic acids is 1. The van der Waals surface area contributed by atoms with E-state index in [1.807, 2.05) is 14.1 Å². The first-order valence-corrected chi connectivity index (χ1v) is 17.1. The van der Waals surface area contributed by atoms with Gasteiger partial charge in [-0.3, -0.25) is 14.2 Å². The van der Waals surface area contributed by atoms with Crippen LogP contribution in [0.25, 0.3) is 22.5 Å². The number of aromatic carboxylic acids is 1. The number of carbonyl (C=O) groups excluding carboxylic acids is 1. The van der Waals surface area contributed by atoms with Gasteiger partial charge in [0.1, 0.15) is 0 Å². The van der Waals surface area contributed by atoms with Crippen molar-refractivity contribution >= 4 is 58.2 Å². The summed E-state index contributed by atoms with van der Waals surface area (Å²) in [6.07, 6.45) is 10.1. The number of anilines is 4. The second-order valence-corrected chi connectivity index (χ2v) is 12.7. The predicted octanol–water partition coefficient (Wildman–Crippen LogP) is 6.84. The van der Waals surface area contributed by atoms with Gasteiger partial charge in [-0.05, 0) is 26.0 Å². The first-order chi connectivity index (χ1) is 26.3. The third-order valence-electron chi connectivity index (χ3n) is 7.21. The molecular weight excluding hydrogens is 745 g/mol. The number of carbonyl (C=O) groups is 2. The van der Waals surface area contributed by atoms with Crippen LogP contribution in [0.15, 0.2) is 85.7 Å². The molecule has 2 atom stereocenters. The first-order valence-electron chi connectivity index (χ1n) is 16.3. The lowest BCUT2D eigenvalue weighted by Gasteiger charge is -2.08. The summed E-state index contributed by atoms with van der Waals surface area (Å²) in [6, 6.07) is 16.9. The Labute approximate surface area is 326 Å². The van der Waals surface area contributed by atoms with Gasteiger partial charge in [-0.2, -0.15) is 20.7 Å². The number of nitrogens with one attached hydrogen (secondary N) is 2. The van der Waals surface area contributed by atoms with E-state index in [1.54, 1.807) is 90.5 Å². The number of carboxylic acid groups (broad SMARTS) is 1. The van der Waals surface area contributed by atoms with Crippen LogP contribution in [0, 0.1) is 28.6 Å². The molecule has 0 aliphatic carbocycles. The maximum atomic E-state index is 12.2.